The molecule has 3 aliphatic rings. The molecule has 2 saturated heterocycles. The predicted octanol–water partition coefficient (Wildman–Crippen LogP) is 0.0588. The van der Waals surface area contributed by atoms with Crippen LogP contribution in [0.15, 0.2) is 10.9 Å². The van der Waals surface area contributed by atoms with Crippen LogP contribution < -0.4 is 5.56 Å². The average Bonchev–Trinajstić information content (AvgIpc) is 2.89. The summed E-state index contributed by atoms with van der Waals surface area (Å²) in [7, 11) is 1.74. The molecule has 0 bridgehead atoms. The summed E-state index contributed by atoms with van der Waals surface area (Å²) in [6, 6.07) is 1.74. The molecular weight excluding hydrogens is 320 g/mol. The van der Waals surface area contributed by atoms with E-state index < -0.39 is 0 Å². The van der Waals surface area contributed by atoms with Crippen molar-refractivity contribution in [3.8, 4) is 0 Å². The molecule has 0 saturated carbocycles. The lowest BCUT2D eigenvalue weighted by atomic mass is 9.96. The van der Waals surface area contributed by atoms with E-state index in [2.05, 4.69) is 5.10 Å². The van der Waals surface area contributed by atoms with Crippen molar-refractivity contribution < 1.29 is 9.59 Å². The van der Waals surface area contributed by atoms with Gasteiger partial charge in [0.2, 0.25) is 11.8 Å². The Morgan fingerprint density at radius 3 is 2.68 bits per heavy atom. The van der Waals surface area contributed by atoms with Crippen LogP contribution in [0.2, 0.25) is 0 Å². The fourth-order valence-corrected chi connectivity index (χ4v) is 4.13. The Balaban J connectivity index is 1.35. The van der Waals surface area contributed by atoms with Gasteiger partial charge >= 0.3 is 0 Å². The first-order chi connectivity index (χ1) is 12.0. The minimum atomic E-state index is -0.206. The maximum Gasteiger partial charge on any atom is 0.267 e. The molecule has 2 amide bonds. The van der Waals surface area contributed by atoms with Gasteiger partial charge in [-0.25, -0.2) is 4.68 Å². The van der Waals surface area contributed by atoms with E-state index in [-0.39, 0.29) is 29.2 Å². The summed E-state index contributed by atoms with van der Waals surface area (Å²) in [5.41, 5.74) is 2.13. The molecule has 0 N–H and O–H groups in total. The zero-order valence-electron chi connectivity index (χ0n) is 14.6. The Morgan fingerprint density at radius 2 is 1.96 bits per heavy atom. The molecule has 1 aromatic rings. The Morgan fingerprint density at radius 1 is 1.20 bits per heavy atom. The number of aromatic nitrogens is 2. The molecule has 7 heteroatoms. The number of carbonyl (C=O) groups excluding carboxylic acids is 2. The molecule has 1 unspecified atom stereocenters. The number of hydrogen-bond donors (Lipinski definition) is 0. The van der Waals surface area contributed by atoms with Crippen molar-refractivity contribution in [2.24, 2.45) is 11.8 Å². The summed E-state index contributed by atoms with van der Waals surface area (Å²) in [4.78, 5) is 39.7. The van der Waals surface area contributed by atoms with Crippen molar-refractivity contribution in [1.82, 2.24) is 19.6 Å². The Labute approximate surface area is 146 Å². The van der Waals surface area contributed by atoms with Crippen LogP contribution in [0.1, 0.15) is 30.5 Å². The monoisotopic (exact) mass is 344 g/mol. The van der Waals surface area contributed by atoms with E-state index in [0.29, 0.717) is 32.6 Å². The molecule has 0 radical (unpaired) electrons. The van der Waals surface area contributed by atoms with Gasteiger partial charge in [0.1, 0.15) is 0 Å². The lowest BCUT2D eigenvalue weighted by Crippen LogP contribution is -2.54. The third-order valence-electron chi connectivity index (χ3n) is 5.66. The van der Waals surface area contributed by atoms with E-state index in [1.807, 2.05) is 4.90 Å². The summed E-state index contributed by atoms with van der Waals surface area (Å²) in [6.07, 6.45) is 4.50. The van der Waals surface area contributed by atoms with Crippen LogP contribution in [0.4, 0.5) is 0 Å². The molecule has 0 spiro atoms. The standard InChI is InChI=1S/C18H24N4O3/c1-20-11-14(7-16(20)23)18(25)21-8-12(9-21)10-22-17(24)6-13-4-2-3-5-15(13)19-22/h6,12,14H,2-5,7-11H2,1H3. The number of likely N-dealkylation sites (tertiary alicyclic amines) is 2. The van der Waals surface area contributed by atoms with Crippen LogP contribution in [-0.2, 0) is 29.0 Å². The Hall–Kier alpha value is -2.18. The maximum absolute atomic E-state index is 12.4. The molecule has 1 atom stereocenters. The molecule has 2 fully saturated rings. The van der Waals surface area contributed by atoms with Crippen molar-refractivity contribution in [2.75, 3.05) is 26.7 Å². The minimum absolute atomic E-state index is 0.0339. The van der Waals surface area contributed by atoms with Gasteiger partial charge in [0, 0.05) is 45.1 Å². The van der Waals surface area contributed by atoms with E-state index in [1.54, 1.807) is 22.7 Å². The second-order valence-electron chi connectivity index (χ2n) is 7.63. The van der Waals surface area contributed by atoms with Crippen molar-refractivity contribution in [3.63, 3.8) is 0 Å². The maximum atomic E-state index is 12.4. The number of amides is 2. The molecule has 25 heavy (non-hydrogen) atoms. The van der Waals surface area contributed by atoms with Gasteiger partial charge in [-0.15, -0.1) is 0 Å². The highest BCUT2D eigenvalue weighted by Gasteiger charge is 2.39. The van der Waals surface area contributed by atoms with Gasteiger partial charge in [-0.1, -0.05) is 0 Å². The first-order valence-corrected chi connectivity index (χ1v) is 9.14. The van der Waals surface area contributed by atoms with Crippen LogP contribution >= 0.6 is 0 Å². The Bertz CT molecular complexity index is 766. The highest BCUT2D eigenvalue weighted by Crippen LogP contribution is 2.25. The van der Waals surface area contributed by atoms with E-state index >= 15 is 0 Å². The molecule has 4 rings (SSSR count). The summed E-state index contributed by atoms with van der Waals surface area (Å²) in [5, 5.41) is 4.55. The predicted molar refractivity (Wildman–Crippen MR) is 91.0 cm³/mol. The van der Waals surface area contributed by atoms with Crippen LogP contribution in [0.5, 0.6) is 0 Å². The van der Waals surface area contributed by atoms with Crippen molar-refractivity contribution >= 4 is 11.8 Å². The average molecular weight is 344 g/mol. The molecule has 1 aliphatic carbocycles. The van der Waals surface area contributed by atoms with Gasteiger partial charge in [-0.3, -0.25) is 14.4 Å². The van der Waals surface area contributed by atoms with Gasteiger partial charge in [-0.05, 0) is 31.2 Å². The summed E-state index contributed by atoms with van der Waals surface area (Å²) >= 11 is 0. The normalized spacial score (nSPS) is 23.6. The third-order valence-corrected chi connectivity index (χ3v) is 5.66. The topological polar surface area (TPSA) is 75.5 Å². The van der Waals surface area contributed by atoms with Gasteiger partial charge in [0.25, 0.3) is 5.56 Å². The molecule has 7 nitrogen and oxygen atoms in total. The highest BCUT2D eigenvalue weighted by molar-refractivity contribution is 5.89. The van der Waals surface area contributed by atoms with Crippen LogP contribution in [0.25, 0.3) is 0 Å². The molecule has 2 aliphatic heterocycles. The third kappa shape index (κ3) is 3.07. The van der Waals surface area contributed by atoms with Crippen LogP contribution in [-0.4, -0.2) is 58.1 Å². The zero-order valence-corrected chi connectivity index (χ0v) is 14.6. The van der Waals surface area contributed by atoms with Crippen molar-refractivity contribution in [2.45, 2.75) is 38.6 Å². The van der Waals surface area contributed by atoms with E-state index in [1.165, 1.54) is 0 Å². The second-order valence-corrected chi connectivity index (χ2v) is 7.63. The van der Waals surface area contributed by atoms with Crippen molar-refractivity contribution in [1.29, 1.82) is 0 Å². The summed E-state index contributed by atoms with van der Waals surface area (Å²) in [5.74, 6) is 0.175. The minimum Gasteiger partial charge on any atom is -0.345 e. The smallest absolute Gasteiger partial charge is 0.267 e. The van der Waals surface area contributed by atoms with Gasteiger partial charge < -0.3 is 9.80 Å². The summed E-state index contributed by atoms with van der Waals surface area (Å²) in [6.45, 7) is 2.39. The number of aryl methyl sites for hydroxylation is 2. The summed E-state index contributed by atoms with van der Waals surface area (Å²) < 4.78 is 1.57. The number of nitrogens with zero attached hydrogens (tertiary/aromatic N) is 4. The molecule has 3 heterocycles. The lowest BCUT2D eigenvalue weighted by molar-refractivity contribution is -0.142. The van der Waals surface area contributed by atoms with Crippen LogP contribution in [0, 0.1) is 11.8 Å². The SMILES string of the molecule is CN1CC(C(=O)N2CC(Cn3nc4c(cc3=O)CCCC4)C2)CC1=O. The first kappa shape index (κ1) is 16.3. The molecule has 1 aromatic heterocycles. The number of rotatable bonds is 3. The number of hydrogen-bond acceptors (Lipinski definition) is 4. The Kier molecular flexibility index (Phi) is 4.09. The molecular formula is C18H24N4O3. The number of fused-ring (bicyclic) bond motifs is 1. The van der Waals surface area contributed by atoms with Gasteiger partial charge in [-0.2, -0.15) is 5.10 Å². The fraction of sp³-hybridized carbons (Fsp3) is 0.667. The van der Waals surface area contributed by atoms with E-state index in [0.717, 1.165) is 36.9 Å². The largest absolute Gasteiger partial charge is 0.345 e. The molecule has 134 valence electrons. The zero-order chi connectivity index (χ0) is 17.6. The lowest BCUT2D eigenvalue weighted by Gasteiger charge is -2.40. The van der Waals surface area contributed by atoms with Crippen molar-refractivity contribution in [3.05, 3.63) is 27.7 Å². The highest BCUT2D eigenvalue weighted by atomic mass is 16.2. The van der Waals surface area contributed by atoms with Gasteiger partial charge in [0.15, 0.2) is 0 Å². The molecule has 0 aromatic carbocycles. The fourth-order valence-electron chi connectivity index (χ4n) is 4.13. The van der Waals surface area contributed by atoms with Gasteiger partial charge in [0.05, 0.1) is 18.2 Å². The number of carbonyl (C=O) groups is 2. The first-order valence-electron chi connectivity index (χ1n) is 9.14. The van der Waals surface area contributed by atoms with E-state index in [9.17, 15) is 14.4 Å². The van der Waals surface area contributed by atoms with E-state index in [4.69, 9.17) is 0 Å². The quantitative estimate of drug-likeness (QED) is 0.777. The van der Waals surface area contributed by atoms with Crippen LogP contribution in [0.3, 0.4) is 0 Å². The second kappa shape index (κ2) is 6.28.